The molecule has 0 aliphatic heterocycles. The van der Waals surface area contributed by atoms with Crippen molar-refractivity contribution in [3.8, 4) is 11.3 Å². The maximum absolute atomic E-state index is 6.24. The lowest BCUT2D eigenvalue weighted by Gasteiger charge is -2.29. The van der Waals surface area contributed by atoms with Crippen molar-refractivity contribution >= 4 is 32.7 Å². The number of hydrogen-bond acceptors (Lipinski definition) is 2. The van der Waals surface area contributed by atoms with Crippen molar-refractivity contribution in [3.63, 3.8) is 0 Å². The summed E-state index contributed by atoms with van der Waals surface area (Å²) in [6.45, 7) is 9.23. The molecule has 0 saturated carbocycles. The summed E-state index contributed by atoms with van der Waals surface area (Å²) in [6, 6.07) is 19.7. The highest BCUT2D eigenvalue weighted by atomic mass is 16.3. The SMILES string of the molecule is CC(C)Cc1ccc2cnc3c(c2c1)C(C)(C)c1cccc2oc4cccc-3c4c12. The maximum atomic E-state index is 6.24. The fourth-order valence-corrected chi connectivity index (χ4v) is 5.41. The van der Waals surface area contributed by atoms with E-state index in [0.29, 0.717) is 5.92 Å². The molecule has 0 atom stereocenters. The van der Waals surface area contributed by atoms with Gasteiger partial charge in [-0.15, -0.1) is 0 Å². The number of aromatic nitrogens is 1. The molecule has 0 amide bonds. The molecule has 6 rings (SSSR count). The van der Waals surface area contributed by atoms with Crippen molar-refractivity contribution in [1.82, 2.24) is 4.98 Å². The molecular weight excluding hydrogens is 366 g/mol. The number of nitrogens with zero attached hydrogens (tertiary/aromatic N) is 1. The molecule has 2 aromatic heterocycles. The molecule has 148 valence electrons. The predicted molar refractivity (Wildman–Crippen MR) is 125 cm³/mol. The number of rotatable bonds is 2. The third kappa shape index (κ3) is 2.28. The van der Waals surface area contributed by atoms with Crippen LogP contribution in [0.1, 0.15) is 44.4 Å². The third-order valence-corrected chi connectivity index (χ3v) is 6.68. The van der Waals surface area contributed by atoms with Crippen molar-refractivity contribution in [2.75, 3.05) is 0 Å². The van der Waals surface area contributed by atoms with E-state index in [2.05, 4.69) is 82.3 Å². The predicted octanol–water partition coefficient (Wildman–Crippen LogP) is 7.64. The van der Waals surface area contributed by atoms with E-state index in [1.54, 1.807) is 0 Å². The van der Waals surface area contributed by atoms with Gasteiger partial charge in [-0.1, -0.05) is 70.2 Å². The largest absolute Gasteiger partial charge is 0.456 e. The second-order valence-electron chi connectivity index (χ2n) is 9.59. The summed E-state index contributed by atoms with van der Waals surface area (Å²) in [5.41, 5.74) is 7.98. The van der Waals surface area contributed by atoms with Crippen molar-refractivity contribution in [2.45, 2.75) is 39.5 Å². The second kappa shape index (κ2) is 5.95. The Morgan fingerprint density at radius 3 is 2.50 bits per heavy atom. The van der Waals surface area contributed by atoms with Gasteiger partial charge in [0, 0.05) is 33.3 Å². The molecule has 0 saturated heterocycles. The highest BCUT2D eigenvalue weighted by Crippen LogP contribution is 2.50. The zero-order chi connectivity index (χ0) is 20.6. The number of furan rings is 1. The van der Waals surface area contributed by atoms with Crippen LogP contribution >= 0.6 is 0 Å². The van der Waals surface area contributed by atoms with Crippen LogP contribution in [0.15, 0.2) is 65.2 Å². The average Bonchev–Trinajstić information content (AvgIpc) is 3.07. The lowest BCUT2D eigenvalue weighted by molar-refractivity contribution is 0.643. The van der Waals surface area contributed by atoms with E-state index in [-0.39, 0.29) is 5.41 Å². The van der Waals surface area contributed by atoms with Gasteiger partial charge in [-0.25, -0.2) is 0 Å². The van der Waals surface area contributed by atoms with Crippen LogP contribution in [0.25, 0.3) is 44.0 Å². The lowest BCUT2D eigenvalue weighted by atomic mass is 9.75. The topological polar surface area (TPSA) is 26.0 Å². The summed E-state index contributed by atoms with van der Waals surface area (Å²) in [6.07, 6.45) is 3.12. The highest BCUT2D eigenvalue weighted by Gasteiger charge is 2.35. The van der Waals surface area contributed by atoms with E-state index in [1.165, 1.54) is 43.8 Å². The van der Waals surface area contributed by atoms with Gasteiger partial charge in [0.1, 0.15) is 11.2 Å². The first-order valence-electron chi connectivity index (χ1n) is 10.8. The smallest absolute Gasteiger partial charge is 0.136 e. The Morgan fingerprint density at radius 1 is 0.933 bits per heavy atom. The van der Waals surface area contributed by atoms with Crippen LogP contribution in [0.2, 0.25) is 0 Å². The minimum atomic E-state index is -0.201. The molecule has 2 heteroatoms. The van der Waals surface area contributed by atoms with Crippen molar-refractivity contribution in [1.29, 1.82) is 0 Å². The Hall–Kier alpha value is -3.13. The van der Waals surface area contributed by atoms with Gasteiger partial charge in [-0.3, -0.25) is 4.98 Å². The van der Waals surface area contributed by atoms with Gasteiger partial charge >= 0.3 is 0 Å². The molecule has 2 heterocycles. The molecule has 2 nitrogen and oxygen atoms in total. The van der Waals surface area contributed by atoms with Gasteiger partial charge in [-0.05, 0) is 46.5 Å². The minimum Gasteiger partial charge on any atom is -0.456 e. The van der Waals surface area contributed by atoms with E-state index in [4.69, 9.17) is 9.40 Å². The van der Waals surface area contributed by atoms with Crippen LogP contribution in [0.4, 0.5) is 0 Å². The highest BCUT2D eigenvalue weighted by molar-refractivity contribution is 6.16. The van der Waals surface area contributed by atoms with Crippen molar-refractivity contribution in [2.24, 2.45) is 5.92 Å². The number of pyridine rings is 1. The molecule has 3 aromatic carbocycles. The molecule has 0 fully saturated rings. The van der Waals surface area contributed by atoms with Gasteiger partial charge in [-0.2, -0.15) is 0 Å². The molecule has 0 bridgehead atoms. The van der Waals surface area contributed by atoms with Crippen LogP contribution in [-0.4, -0.2) is 4.98 Å². The molecule has 0 spiro atoms. The Bertz CT molecular complexity index is 1470. The van der Waals surface area contributed by atoms with Gasteiger partial charge in [0.2, 0.25) is 0 Å². The summed E-state index contributed by atoms with van der Waals surface area (Å²) in [4.78, 5) is 5.03. The zero-order valence-corrected chi connectivity index (χ0v) is 17.9. The zero-order valence-electron chi connectivity index (χ0n) is 17.9. The van der Waals surface area contributed by atoms with E-state index in [9.17, 15) is 0 Å². The van der Waals surface area contributed by atoms with Gasteiger partial charge in [0.15, 0.2) is 0 Å². The Morgan fingerprint density at radius 2 is 1.70 bits per heavy atom. The van der Waals surface area contributed by atoms with Crippen LogP contribution in [-0.2, 0) is 11.8 Å². The molecule has 1 aliphatic rings. The van der Waals surface area contributed by atoms with Gasteiger partial charge < -0.3 is 4.42 Å². The molecule has 0 N–H and O–H groups in total. The summed E-state index contributed by atoms with van der Waals surface area (Å²) < 4.78 is 6.24. The number of fused-ring (bicyclic) bond motifs is 4. The van der Waals surface area contributed by atoms with Gasteiger partial charge in [0.05, 0.1) is 5.69 Å². The maximum Gasteiger partial charge on any atom is 0.136 e. The van der Waals surface area contributed by atoms with E-state index < -0.39 is 0 Å². The molecular formula is C28H25NO. The normalized spacial score (nSPS) is 14.7. The molecule has 30 heavy (non-hydrogen) atoms. The lowest BCUT2D eigenvalue weighted by Crippen LogP contribution is -2.20. The van der Waals surface area contributed by atoms with E-state index in [1.807, 2.05) is 6.20 Å². The second-order valence-corrected chi connectivity index (χ2v) is 9.59. The molecule has 1 aliphatic carbocycles. The minimum absolute atomic E-state index is 0.201. The monoisotopic (exact) mass is 391 g/mol. The number of benzene rings is 3. The first kappa shape index (κ1) is 17.7. The van der Waals surface area contributed by atoms with Crippen LogP contribution in [0, 0.1) is 5.92 Å². The van der Waals surface area contributed by atoms with Crippen molar-refractivity contribution in [3.05, 3.63) is 77.5 Å². The van der Waals surface area contributed by atoms with Crippen LogP contribution in [0.3, 0.4) is 0 Å². The summed E-state index contributed by atoms with van der Waals surface area (Å²) >= 11 is 0. The Labute approximate surface area is 176 Å². The Kier molecular flexibility index (Phi) is 3.51. The summed E-state index contributed by atoms with van der Waals surface area (Å²) in [5, 5.41) is 4.96. The molecule has 5 aromatic rings. The molecule has 0 radical (unpaired) electrons. The first-order chi connectivity index (χ1) is 14.4. The standard InChI is InChI=1S/C28H25NO/c1-16(2)13-17-11-12-18-15-29-27-19-7-5-9-22-24(19)25-21(8-6-10-23(25)30-22)28(3,4)26(27)20(18)14-17/h5-12,14-16H,13H2,1-4H3. The van der Waals surface area contributed by atoms with Crippen LogP contribution < -0.4 is 0 Å². The Balaban J connectivity index is 1.81. The molecule has 0 unspecified atom stereocenters. The third-order valence-electron chi connectivity index (χ3n) is 6.68. The van der Waals surface area contributed by atoms with Crippen LogP contribution in [0.5, 0.6) is 0 Å². The first-order valence-corrected chi connectivity index (χ1v) is 10.8. The summed E-state index contributed by atoms with van der Waals surface area (Å²) in [5.74, 6) is 0.630. The number of hydrogen-bond donors (Lipinski definition) is 0. The summed E-state index contributed by atoms with van der Waals surface area (Å²) in [7, 11) is 0. The van der Waals surface area contributed by atoms with E-state index >= 15 is 0 Å². The fourth-order valence-electron chi connectivity index (χ4n) is 5.41. The average molecular weight is 392 g/mol. The van der Waals surface area contributed by atoms with Crippen molar-refractivity contribution < 1.29 is 4.42 Å². The van der Waals surface area contributed by atoms with E-state index in [0.717, 1.165) is 23.3 Å². The quantitative estimate of drug-likeness (QED) is 0.309. The van der Waals surface area contributed by atoms with Gasteiger partial charge in [0.25, 0.3) is 0 Å². The fraction of sp³-hybridized carbons (Fsp3) is 0.250.